The molecule has 1 unspecified atom stereocenters. The van der Waals surface area contributed by atoms with Crippen LogP contribution in [0.2, 0.25) is 0 Å². The Hall–Kier alpha value is -2.29. The molecule has 0 bridgehead atoms. The van der Waals surface area contributed by atoms with E-state index in [9.17, 15) is 8.42 Å². The molecule has 8 heteroatoms. The fourth-order valence-electron chi connectivity index (χ4n) is 3.74. The highest BCUT2D eigenvalue weighted by Gasteiger charge is 2.27. The molecule has 0 amide bonds. The third-order valence-corrected chi connectivity index (χ3v) is 6.04. The molecule has 150 valence electrons. The SMILES string of the molecule is NS(=O)(=O)c1ccc(OCCN2CCCC2c2ccc3c(c2)OCCO3)cc1. The Morgan fingerprint density at radius 2 is 1.82 bits per heavy atom. The predicted octanol–water partition coefficient (Wildman–Crippen LogP) is 2.32. The number of nitrogens with zero attached hydrogens (tertiary/aromatic N) is 1. The molecule has 2 heterocycles. The number of primary sulfonamides is 1. The lowest BCUT2D eigenvalue weighted by molar-refractivity contribution is 0.170. The topological polar surface area (TPSA) is 91.1 Å². The first-order valence-corrected chi connectivity index (χ1v) is 10.9. The van der Waals surface area contributed by atoms with Gasteiger partial charge in [-0.05, 0) is 61.3 Å². The van der Waals surface area contributed by atoms with Gasteiger partial charge in [-0.15, -0.1) is 0 Å². The molecule has 28 heavy (non-hydrogen) atoms. The Balaban J connectivity index is 1.35. The summed E-state index contributed by atoms with van der Waals surface area (Å²) in [5.41, 5.74) is 1.24. The number of nitrogens with two attached hydrogens (primary N) is 1. The van der Waals surface area contributed by atoms with E-state index in [2.05, 4.69) is 17.0 Å². The maximum absolute atomic E-state index is 11.3. The van der Waals surface area contributed by atoms with Crippen LogP contribution >= 0.6 is 0 Å². The Bertz CT molecular complexity index is 930. The van der Waals surface area contributed by atoms with E-state index >= 15 is 0 Å². The van der Waals surface area contributed by atoms with Crippen LogP contribution in [0.15, 0.2) is 47.4 Å². The van der Waals surface area contributed by atoms with Crippen LogP contribution in [0, 0.1) is 0 Å². The number of sulfonamides is 1. The van der Waals surface area contributed by atoms with Crippen LogP contribution in [-0.4, -0.2) is 46.2 Å². The highest BCUT2D eigenvalue weighted by molar-refractivity contribution is 7.89. The van der Waals surface area contributed by atoms with Gasteiger partial charge in [0.05, 0.1) is 4.90 Å². The maximum atomic E-state index is 11.3. The van der Waals surface area contributed by atoms with Crippen molar-refractivity contribution in [1.29, 1.82) is 0 Å². The lowest BCUT2D eigenvalue weighted by Gasteiger charge is -2.26. The zero-order valence-corrected chi connectivity index (χ0v) is 16.4. The van der Waals surface area contributed by atoms with E-state index in [-0.39, 0.29) is 4.90 Å². The molecule has 0 radical (unpaired) electrons. The first kappa shape index (κ1) is 19.0. The molecule has 7 nitrogen and oxygen atoms in total. The highest BCUT2D eigenvalue weighted by Crippen LogP contribution is 2.37. The number of hydrogen-bond donors (Lipinski definition) is 1. The van der Waals surface area contributed by atoms with Crippen LogP contribution in [0.5, 0.6) is 17.2 Å². The molecule has 2 aromatic rings. The first-order chi connectivity index (χ1) is 13.5. The minimum atomic E-state index is -3.68. The molecule has 0 aliphatic carbocycles. The van der Waals surface area contributed by atoms with Crippen molar-refractivity contribution in [1.82, 2.24) is 4.90 Å². The summed E-state index contributed by atoms with van der Waals surface area (Å²) in [5, 5.41) is 5.11. The number of hydrogen-bond acceptors (Lipinski definition) is 6. The van der Waals surface area contributed by atoms with E-state index in [1.807, 2.05) is 6.07 Å². The Morgan fingerprint density at radius 3 is 2.57 bits per heavy atom. The smallest absolute Gasteiger partial charge is 0.238 e. The molecule has 0 saturated carbocycles. The lowest BCUT2D eigenvalue weighted by Crippen LogP contribution is -2.28. The summed E-state index contributed by atoms with van der Waals surface area (Å²) in [5.74, 6) is 2.26. The standard InChI is InChI=1S/C20H24N2O5S/c21-28(23,24)17-6-4-16(5-7-17)25-11-10-22-9-1-2-18(22)15-3-8-19-20(14-15)27-13-12-26-19/h3-8,14,18H,1-2,9-13H2,(H2,21,23,24). The molecule has 1 atom stereocenters. The van der Waals surface area contributed by atoms with Crippen molar-refractivity contribution in [2.75, 3.05) is 32.9 Å². The van der Waals surface area contributed by atoms with E-state index in [4.69, 9.17) is 19.3 Å². The summed E-state index contributed by atoms with van der Waals surface area (Å²) in [6.07, 6.45) is 2.24. The van der Waals surface area contributed by atoms with Crippen molar-refractivity contribution >= 4 is 10.0 Å². The van der Waals surface area contributed by atoms with E-state index in [0.717, 1.165) is 37.4 Å². The summed E-state index contributed by atoms with van der Waals surface area (Å²) in [7, 11) is -3.68. The van der Waals surface area contributed by atoms with E-state index in [0.29, 0.717) is 31.6 Å². The van der Waals surface area contributed by atoms with Crippen molar-refractivity contribution in [2.45, 2.75) is 23.8 Å². The summed E-state index contributed by atoms with van der Waals surface area (Å²) in [6.45, 7) is 3.51. The third-order valence-electron chi connectivity index (χ3n) is 5.11. The van der Waals surface area contributed by atoms with Gasteiger partial charge in [-0.2, -0.15) is 0 Å². The number of likely N-dealkylation sites (tertiary alicyclic amines) is 1. The van der Waals surface area contributed by atoms with Crippen LogP contribution in [-0.2, 0) is 10.0 Å². The molecular weight excluding hydrogens is 380 g/mol. The zero-order valence-electron chi connectivity index (χ0n) is 15.5. The third kappa shape index (κ3) is 4.24. The molecular formula is C20H24N2O5S. The fraction of sp³-hybridized carbons (Fsp3) is 0.400. The summed E-state index contributed by atoms with van der Waals surface area (Å²) >= 11 is 0. The molecule has 4 rings (SSSR count). The quantitative estimate of drug-likeness (QED) is 0.795. The van der Waals surface area contributed by atoms with Gasteiger partial charge in [0, 0.05) is 12.6 Å². The molecule has 2 aliphatic heterocycles. The zero-order chi connectivity index (χ0) is 19.6. The normalized spacial score (nSPS) is 19.5. The van der Waals surface area contributed by atoms with E-state index < -0.39 is 10.0 Å². The van der Waals surface area contributed by atoms with Gasteiger partial charge in [-0.25, -0.2) is 13.6 Å². The minimum Gasteiger partial charge on any atom is -0.492 e. The van der Waals surface area contributed by atoms with Gasteiger partial charge in [0.15, 0.2) is 11.5 Å². The van der Waals surface area contributed by atoms with Crippen LogP contribution in [0.3, 0.4) is 0 Å². The molecule has 2 aromatic carbocycles. The van der Waals surface area contributed by atoms with E-state index in [1.54, 1.807) is 12.1 Å². The Morgan fingerprint density at radius 1 is 1.07 bits per heavy atom. The van der Waals surface area contributed by atoms with Crippen molar-refractivity contribution in [3.8, 4) is 17.2 Å². The highest BCUT2D eigenvalue weighted by atomic mass is 32.2. The maximum Gasteiger partial charge on any atom is 0.238 e. The van der Waals surface area contributed by atoms with Crippen LogP contribution in [0.1, 0.15) is 24.4 Å². The van der Waals surface area contributed by atoms with Crippen molar-refractivity contribution < 1.29 is 22.6 Å². The average molecular weight is 404 g/mol. The number of ether oxygens (including phenoxy) is 3. The van der Waals surface area contributed by atoms with Gasteiger partial charge in [0.1, 0.15) is 25.6 Å². The first-order valence-electron chi connectivity index (χ1n) is 9.40. The minimum absolute atomic E-state index is 0.0815. The largest absolute Gasteiger partial charge is 0.492 e. The number of fused-ring (bicyclic) bond motifs is 1. The van der Waals surface area contributed by atoms with Crippen molar-refractivity contribution in [2.24, 2.45) is 5.14 Å². The second-order valence-corrected chi connectivity index (χ2v) is 8.52. The van der Waals surface area contributed by atoms with Crippen molar-refractivity contribution in [3.05, 3.63) is 48.0 Å². The summed E-state index contributed by atoms with van der Waals surface area (Å²) in [4.78, 5) is 2.49. The summed E-state index contributed by atoms with van der Waals surface area (Å²) < 4.78 is 39.7. The molecule has 2 aliphatic rings. The van der Waals surface area contributed by atoms with Gasteiger partial charge in [0.2, 0.25) is 10.0 Å². The predicted molar refractivity (Wildman–Crippen MR) is 104 cm³/mol. The molecule has 0 aromatic heterocycles. The Kier molecular flexibility index (Phi) is 5.43. The monoisotopic (exact) mass is 404 g/mol. The van der Waals surface area contributed by atoms with Crippen LogP contribution in [0.4, 0.5) is 0 Å². The summed E-state index contributed by atoms with van der Waals surface area (Å²) in [6, 6.07) is 12.7. The second-order valence-electron chi connectivity index (χ2n) is 6.96. The fourth-order valence-corrected chi connectivity index (χ4v) is 4.26. The van der Waals surface area contributed by atoms with E-state index in [1.165, 1.54) is 17.7 Å². The second kappa shape index (κ2) is 7.98. The average Bonchev–Trinajstić information content (AvgIpc) is 3.16. The molecule has 2 N–H and O–H groups in total. The molecule has 0 spiro atoms. The van der Waals surface area contributed by atoms with Gasteiger partial charge in [-0.1, -0.05) is 6.07 Å². The van der Waals surface area contributed by atoms with Crippen molar-refractivity contribution in [3.63, 3.8) is 0 Å². The van der Waals surface area contributed by atoms with Crippen LogP contribution < -0.4 is 19.3 Å². The van der Waals surface area contributed by atoms with Gasteiger partial charge < -0.3 is 14.2 Å². The Labute approximate surface area is 165 Å². The lowest BCUT2D eigenvalue weighted by atomic mass is 10.0. The van der Waals surface area contributed by atoms with Gasteiger partial charge >= 0.3 is 0 Å². The number of benzene rings is 2. The van der Waals surface area contributed by atoms with Gasteiger partial charge in [0.25, 0.3) is 0 Å². The number of rotatable bonds is 6. The van der Waals surface area contributed by atoms with Gasteiger partial charge in [-0.3, -0.25) is 4.90 Å². The van der Waals surface area contributed by atoms with Crippen LogP contribution in [0.25, 0.3) is 0 Å². The molecule has 1 fully saturated rings. The molecule has 1 saturated heterocycles.